The Labute approximate surface area is 93.1 Å². The highest BCUT2D eigenvalue weighted by Crippen LogP contribution is 2.24. The Bertz CT molecular complexity index is 544. The van der Waals surface area contributed by atoms with E-state index in [1.54, 1.807) is 6.20 Å². The fraction of sp³-hybridized carbons (Fsp3) is 0.167. The number of hydrogen-bond acceptors (Lipinski definition) is 2. The van der Waals surface area contributed by atoms with Gasteiger partial charge in [0.1, 0.15) is 0 Å². The highest BCUT2D eigenvalue weighted by Gasteiger charge is 2.08. The molecule has 0 spiro atoms. The maximum absolute atomic E-state index is 10.7. The van der Waals surface area contributed by atoms with E-state index >= 15 is 0 Å². The Hall–Kier alpha value is -2.10. The van der Waals surface area contributed by atoms with E-state index in [0.717, 1.165) is 21.4 Å². The summed E-state index contributed by atoms with van der Waals surface area (Å²) in [4.78, 5) is 10.7. The van der Waals surface area contributed by atoms with Gasteiger partial charge < -0.3 is 5.11 Å². The number of hydrogen-bond donors (Lipinski definition) is 1. The lowest BCUT2D eigenvalue weighted by Gasteiger charge is -2.05. The number of aromatic nitrogens is 2. The molecule has 2 aromatic rings. The zero-order chi connectivity index (χ0) is 11.7. The van der Waals surface area contributed by atoms with Crippen LogP contribution < -0.4 is 0 Å². The molecule has 0 saturated carbocycles. The van der Waals surface area contributed by atoms with Gasteiger partial charge in [0.25, 0.3) is 0 Å². The van der Waals surface area contributed by atoms with Crippen molar-refractivity contribution >= 4 is 6.09 Å². The van der Waals surface area contributed by atoms with Gasteiger partial charge in [0.05, 0.1) is 6.20 Å². The van der Waals surface area contributed by atoms with E-state index in [0.29, 0.717) is 0 Å². The van der Waals surface area contributed by atoms with Crippen molar-refractivity contribution in [2.75, 3.05) is 0 Å². The Morgan fingerprint density at radius 1 is 1.38 bits per heavy atom. The maximum atomic E-state index is 10.7. The summed E-state index contributed by atoms with van der Waals surface area (Å²) in [5, 5.41) is 12.5. The van der Waals surface area contributed by atoms with Gasteiger partial charge in [0.2, 0.25) is 0 Å². The van der Waals surface area contributed by atoms with E-state index in [1.807, 2.05) is 32.0 Å². The fourth-order valence-corrected chi connectivity index (χ4v) is 1.63. The molecule has 4 nitrogen and oxygen atoms in total. The predicted octanol–water partition coefficient (Wildman–Crippen LogP) is 2.69. The van der Waals surface area contributed by atoms with Crippen LogP contribution >= 0.6 is 0 Å². The molecule has 1 N–H and O–H groups in total. The molecule has 0 amide bonds. The fourth-order valence-electron chi connectivity index (χ4n) is 1.63. The normalized spacial score (nSPS) is 10.4. The number of nitrogens with zero attached hydrogens (tertiary/aromatic N) is 2. The van der Waals surface area contributed by atoms with Crippen LogP contribution in [0.4, 0.5) is 4.79 Å². The van der Waals surface area contributed by atoms with Crippen molar-refractivity contribution in [3.8, 4) is 11.1 Å². The molecule has 16 heavy (non-hydrogen) atoms. The van der Waals surface area contributed by atoms with Crippen molar-refractivity contribution < 1.29 is 9.90 Å². The monoisotopic (exact) mass is 216 g/mol. The van der Waals surface area contributed by atoms with Gasteiger partial charge in [0, 0.05) is 11.8 Å². The van der Waals surface area contributed by atoms with Crippen LogP contribution in [0.1, 0.15) is 11.1 Å². The van der Waals surface area contributed by atoms with Crippen molar-refractivity contribution in [3.63, 3.8) is 0 Å². The van der Waals surface area contributed by atoms with E-state index in [2.05, 4.69) is 5.10 Å². The van der Waals surface area contributed by atoms with Crippen LogP contribution in [0, 0.1) is 13.8 Å². The summed E-state index contributed by atoms with van der Waals surface area (Å²) in [6.07, 6.45) is 2.01. The molecular formula is C12H12N2O2. The number of carbonyl (C=O) groups is 1. The van der Waals surface area contributed by atoms with Crippen LogP contribution in [0.3, 0.4) is 0 Å². The first kappa shape index (κ1) is 10.4. The van der Waals surface area contributed by atoms with Crippen LogP contribution in [0.2, 0.25) is 0 Å². The molecule has 0 radical (unpaired) electrons. The third-order valence-corrected chi connectivity index (χ3v) is 2.69. The average Bonchev–Trinajstić information content (AvgIpc) is 2.71. The van der Waals surface area contributed by atoms with Crippen molar-refractivity contribution in [2.24, 2.45) is 0 Å². The Morgan fingerprint density at radius 3 is 2.75 bits per heavy atom. The molecule has 0 unspecified atom stereocenters. The number of carboxylic acid groups (broad SMARTS) is 1. The van der Waals surface area contributed by atoms with Crippen molar-refractivity contribution in [1.82, 2.24) is 9.78 Å². The molecule has 0 atom stereocenters. The second-order valence-electron chi connectivity index (χ2n) is 3.70. The summed E-state index contributed by atoms with van der Waals surface area (Å²) >= 11 is 0. The minimum absolute atomic E-state index is 0.823. The van der Waals surface area contributed by atoms with E-state index in [9.17, 15) is 4.79 Å². The Kier molecular flexibility index (Phi) is 2.48. The third kappa shape index (κ3) is 1.69. The van der Waals surface area contributed by atoms with E-state index < -0.39 is 6.09 Å². The van der Waals surface area contributed by atoms with Crippen molar-refractivity contribution in [1.29, 1.82) is 0 Å². The summed E-state index contributed by atoms with van der Waals surface area (Å²) in [6, 6.07) is 5.95. The van der Waals surface area contributed by atoms with Gasteiger partial charge in [-0.3, -0.25) is 0 Å². The molecule has 0 bridgehead atoms. The van der Waals surface area contributed by atoms with Crippen LogP contribution in [-0.4, -0.2) is 21.0 Å². The average molecular weight is 216 g/mol. The molecule has 0 aliphatic heterocycles. The van der Waals surface area contributed by atoms with Crippen LogP contribution in [0.15, 0.2) is 30.6 Å². The second kappa shape index (κ2) is 3.81. The van der Waals surface area contributed by atoms with Gasteiger partial charge >= 0.3 is 6.09 Å². The topological polar surface area (TPSA) is 55.1 Å². The molecule has 0 saturated heterocycles. The summed E-state index contributed by atoms with van der Waals surface area (Å²) < 4.78 is 0.914. The lowest BCUT2D eigenvalue weighted by Crippen LogP contribution is -2.07. The molecular weight excluding hydrogens is 204 g/mol. The lowest BCUT2D eigenvalue weighted by molar-refractivity contribution is 0.192. The Morgan fingerprint density at radius 2 is 2.12 bits per heavy atom. The SMILES string of the molecule is Cc1cccc(-c2cnn(C(=O)O)c2)c1C. The van der Waals surface area contributed by atoms with E-state index in [1.165, 1.54) is 11.8 Å². The molecule has 0 aliphatic rings. The highest BCUT2D eigenvalue weighted by molar-refractivity contribution is 5.72. The Balaban J connectivity index is 2.50. The number of benzene rings is 1. The van der Waals surface area contributed by atoms with Gasteiger partial charge in [-0.1, -0.05) is 18.2 Å². The zero-order valence-electron chi connectivity index (χ0n) is 9.14. The van der Waals surface area contributed by atoms with Crippen LogP contribution in [0.5, 0.6) is 0 Å². The minimum atomic E-state index is -1.07. The largest absolute Gasteiger partial charge is 0.463 e. The standard InChI is InChI=1S/C12H12N2O2/c1-8-4-3-5-11(9(8)2)10-6-13-14(7-10)12(15)16/h3-7H,1-2H3,(H,15,16). The smallest absolute Gasteiger partial charge is 0.432 e. The lowest BCUT2D eigenvalue weighted by atomic mass is 10.00. The summed E-state index contributed by atoms with van der Waals surface area (Å²) in [5.41, 5.74) is 4.17. The molecule has 0 fully saturated rings. The molecule has 2 rings (SSSR count). The van der Waals surface area contributed by atoms with Gasteiger partial charge in [-0.2, -0.15) is 9.78 Å². The number of aryl methyl sites for hydroxylation is 1. The minimum Gasteiger partial charge on any atom is -0.463 e. The second-order valence-corrected chi connectivity index (χ2v) is 3.70. The zero-order valence-corrected chi connectivity index (χ0v) is 9.14. The summed E-state index contributed by atoms with van der Waals surface area (Å²) in [6.45, 7) is 4.04. The first-order chi connectivity index (χ1) is 7.59. The predicted molar refractivity (Wildman–Crippen MR) is 60.6 cm³/mol. The first-order valence-corrected chi connectivity index (χ1v) is 4.94. The summed E-state index contributed by atoms with van der Waals surface area (Å²) in [5.74, 6) is 0. The molecule has 82 valence electrons. The van der Waals surface area contributed by atoms with Crippen molar-refractivity contribution in [2.45, 2.75) is 13.8 Å². The molecule has 1 aromatic carbocycles. The number of rotatable bonds is 1. The van der Waals surface area contributed by atoms with Crippen LogP contribution in [0.25, 0.3) is 11.1 Å². The third-order valence-electron chi connectivity index (χ3n) is 2.69. The molecule has 0 aliphatic carbocycles. The molecule has 1 aromatic heterocycles. The van der Waals surface area contributed by atoms with Crippen LogP contribution in [-0.2, 0) is 0 Å². The van der Waals surface area contributed by atoms with E-state index in [4.69, 9.17) is 5.11 Å². The molecule has 1 heterocycles. The first-order valence-electron chi connectivity index (χ1n) is 4.94. The van der Waals surface area contributed by atoms with Gasteiger partial charge in [-0.05, 0) is 30.5 Å². The van der Waals surface area contributed by atoms with Gasteiger partial charge in [-0.15, -0.1) is 0 Å². The quantitative estimate of drug-likeness (QED) is 0.797. The van der Waals surface area contributed by atoms with Crippen molar-refractivity contribution in [3.05, 3.63) is 41.7 Å². The highest BCUT2D eigenvalue weighted by atomic mass is 16.4. The maximum Gasteiger partial charge on any atom is 0.432 e. The van der Waals surface area contributed by atoms with Gasteiger partial charge in [0.15, 0.2) is 0 Å². The summed E-state index contributed by atoms with van der Waals surface area (Å²) in [7, 11) is 0. The van der Waals surface area contributed by atoms with E-state index in [-0.39, 0.29) is 0 Å². The molecule has 4 heteroatoms. The van der Waals surface area contributed by atoms with Gasteiger partial charge in [-0.25, -0.2) is 4.79 Å².